The van der Waals surface area contributed by atoms with Crippen molar-refractivity contribution >= 4 is 11.7 Å². The summed E-state index contributed by atoms with van der Waals surface area (Å²) in [6.07, 6.45) is 2.16. The minimum atomic E-state index is -0.0108. The van der Waals surface area contributed by atoms with E-state index in [1.165, 1.54) is 5.56 Å². The predicted octanol–water partition coefficient (Wildman–Crippen LogP) is 2.69. The van der Waals surface area contributed by atoms with E-state index in [2.05, 4.69) is 26.0 Å². The summed E-state index contributed by atoms with van der Waals surface area (Å²) in [6, 6.07) is 10.1. The summed E-state index contributed by atoms with van der Waals surface area (Å²) in [4.78, 5) is 25.7. The molecule has 3 heteroatoms. The van der Waals surface area contributed by atoms with Gasteiger partial charge < -0.3 is 4.90 Å². The second kappa shape index (κ2) is 6.69. The van der Waals surface area contributed by atoms with Crippen LogP contribution in [0.4, 0.5) is 0 Å². The Hall–Kier alpha value is -1.64. The number of likely N-dealkylation sites (tertiary alicyclic amines) is 1. The van der Waals surface area contributed by atoms with E-state index in [1.807, 2.05) is 18.2 Å². The van der Waals surface area contributed by atoms with E-state index in [0.717, 1.165) is 12.8 Å². The van der Waals surface area contributed by atoms with Crippen molar-refractivity contribution in [1.82, 2.24) is 4.90 Å². The molecule has 1 amide bonds. The zero-order chi connectivity index (χ0) is 14.5. The first kappa shape index (κ1) is 14.8. The van der Waals surface area contributed by atoms with Crippen molar-refractivity contribution in [1.29, 1.82) is 0 Å². The average Bonchev–Trinajstić information content (AvgIpc) is 2.84. The van der Waals surface area contributed by atoms with Crippen LogP contribution in [0.3, 0.4) is 0 Å². The summed E-state index contributed by atoms with van der Waals surface area (Å²) >= 11 is 0. The van der Waals surface area contributed by atoms with Gasteiger partial charge in [-0.2, -0.15) is 0 Å². The van der Waals surface area contributed by atoms with Crippen molar-refractivity contribution < 1.29 is 9.59 Å². The Kier molecular flexibility index (Phi) is 4.94. The first-order valence-corrected chi connectivity index (χ1v) is 7.40. The van der Waals surface area contributed by atoms with Gasteiger partial charge >= 0.3 is 0 Å². The van der Waals surface area contributed by atoms with Crippen molar-refractivity contribution in [3.63, 3.8) is 0 Å². The number of benzene rings is 1. The average molecular weight is 273 g/mol. The van der Waals surface area contributed by atoms with Crippen molar-refractivity contribution in [2.24, 2.45) is 11.8 Å². The molecule has 1 heterocycles. The van der Waals surface area contributed by atoms with Gasteiger partial charge in [0, 0.05) is 18.9 Å². The molecule has 0 bridgehead atoms. The molecule has 0 saturated carbocycles. The molecule has 1 aliphatic heterocycles. The minimum Gasteiger partial charge on any atom is -0.335 e. The first-order chi connectivity index (χ1) is 9.56. The minimum absolute atomic E-state index is 0.0108. The zero-order valence-corrected chi connectivity index (χ0v) is 12.3. The van der Waals surface area contributed by atoms with E-state index >= 15 is 0 Å². The molecular weight excluding hydrogens is 250 g/mol. The maximum atomic E-state index is 12.6. The van der Waals surface area contributed by atoms with Crippen LogP contribution in [-0.4, -0.2) is 29.7 Å². The molecule has 3 nitrogen and oxygen atoms in total. The standard InChI is InChI=1S/C17H23NO2/c1-13(2)10-15(11-14-6-4-3-5-7-14)17(20)18-9-8-16(19)12-18/h3-7,13,15H,8-12H2,1-2H3/t15-/m0/s1. The fourth-order valence-electron chi connectivity index (χ4n) is 2.82. The number of nitrogens with zero attached hydrogens (tertiary/aromatic N) is 1. The summed E-state index contributed by atoms with van der Waals surface area (Å²) in [5.74, 6) is 0.795. The van der Waals surface area contributed by atoms with Gasteiger partial charge in [0.25, 0.3) is 0 Å². The van der Waals surface area contributed by atoms with Gasteiger partial charge in [0.05, 0.1) is 6.54 Å². The quantitative estimate of drug-likeness (QED) is 0.827. The number of carbonyl (C=O) groups is 2. The molecule has 1 fully saturated rings. The van der Waals surface area contributed by atoms with E-state index in [-0.39, 0.29) is 17.6 Å². The highest BCUT2D eigenvalue weighted by molar-refractivity contribution is 5.90. The number of ketones is 1. The topological polar surface area (TPSA) is 37.4 Å². The van der Waals surface area contributed by atoms with Gasteiger partial charge in [0.2, 0.25) is 5.91 Å². The monoisotopic (exact) mass is 273 g/mol. The Balaban J connectivity index is 2.06. The Morgan fingerprint density at radius 2 is 1.95 bits per heavy atom. The number of carbonyl (C=O) groups excluding carboxylic acids is 2. The molecular formula is C17H23NO2. The predicted molar refractivity (Wildman–Crippen MR) is 79.3 cm³/mol. The molecule has 1 aromatic carbocycles. The van der Waals surface area contributed by atoms with Crippen LogP contribution < -0.4 is 0 Å². The Bertz CT molecular complexity index is 467. The molecule has 0 aliphatic carbocycles. The van der Waals surface area contributed by atoms with Crippen molar-refractivity contribution in [3.8, 4) is 0 Å². The highest BCUT2D eigenvalue weighted by Crippen LogP contribution is 2.21. The maximum Gasteiger partial charge on any atom is 0.226 e. The molecule has 1 saturated heterocycles. The lowest BCUT2D eigenvalue weighted by molar-refractivity contribution is -0.136. The highest BCUT2D eigenvalue weighted by Gasteiger charge is 2.30. The molecule has 0 N–H and O–H groups in total. The molecule has 0 unspecified atom stereocenters. The fourth-order valence-corrected chi connectivity index (χ4v) is 2.82. The smallest absolute Gasteiger partial charge is 0.226 e. The van der Waals surface area contributed by atoms with Crippen LogP contribution in [0.25, 0.3) is 0 Å². The van der Waals surface area contributed by atoms with E-state index in [0.29, 0.717) is 25.4 Å². The number of rotatable bonds is 5. The van der Waals surface area contributed by atoms with Crippen LogP contribution in [0.15, 0.2) is 30.3 Å². The Morgan fingerprint density at radius 1 is 1.25 bits per heavy atom. The van der Waals surface area contributed by atoms with Crippen molar-refractivity contribution in [2.45, 2.75) is 33.1 Å². The van der Waals surface area contributed by atoms with Gasteiger partial charge in [0.1, 0.15) is 0 Å². The van der Waals surface area contributed by atoms with Crippen LogP contribution in [0.5, 0.6) is 0 Å². The van der Waals surface area contributed by atoms with Gasteiger partial charge in [0.15, 0.2) is 5.78 Å². The maximum absolute atomic E-state index is 12.6. The molecule has 1 atom stereocenters. The van der Waals surface area contributed by atoms with E-state index in [9.17, 15) is 9.59 Å². The summed E-state index contributed by atoms with van der Waals surface area (Å²) < 4.78 is 0. The summed E-state index contributed by atoms with van der Waals surface area (Å²) in [5.41, 5.74) is 1.19. The third-order valence-corrected chi connectivity index (χ3v) is 3.77. The van der Waals surface area contributed by atoms with Crippen molar-refractivity contribution in [2.75, 3.05) is 13.1 Å². The lowest BCUT2D eigenvalue weighted by Crippen LogP contribution is -2.36. The molecule has 0 aromatic heterocycles. The summed E-state index contributed by atoms with van der Waals surface area (Å²) in [6.45, 7) is 5.18. The molecule has 20 heavy (non-hydrogen) atoms. The third kappa shape index (κ3) is 3.92. The molecule has 1 aromatic rings. The van der Waals surface area contributed by atoms with E-state index in [4.69, 9.17) is 0 Å². The second-order valence-corrected chi connectivity index (χ2v) is 6.06. The Labute approximate surface area is 121 Å². The largest absolute Gasteiger partial charge is 0.335 e. The van der Waals surface area contributed by atoms with Crippen LogP contribution >= 0.6 is 0 Å². The van der Waals surface area contributed by atoms with Gasteiger partial charge in [-0.15, -0.1) is 0 Å². The SMILES string of the molecule is CC(C)C[C@@H](Cc1ccccc1)C(=O)N1CCC(=O)C1. The van der Waals surface area contributed by atoms with E-state index < -0.39 is 0 Å². The zero-order valence-electron chi connectivity index (χ0n) is 12.3. The van der Waals surface area contributed by atoms with Gasteiger partial charge in [-0.1, -0.05) is 44.2 Å². The summed E-state index contributed by atoms with van der Waals surface area (Å²) in [7, 11) is 0. The van der Waals surface area contributed by atoms with E-state index in [1.54, 1.807) is 4.90 Å². The lowest BCUT2D eigenvalue weighted by Gasteiger charge is -2.24. The number of Topliss-reactive ketones (excluding diaryl/α,β-unsaturated/α-hetero) is 1. The first-order valence-electron chi connectivity index (χ1n) is 7.40. The second-order valence-electron chi connectivity index (χ2n) is 6.06. The number of hydrogen-bond acceptors (Lipinski definition) is 2. The molecule has 1 aliphatic rings. The lowest BCUT2D eigenvalue weighted by atomic mass is 9.90. The normalized spacial score (nSPS) is 16.8. The van der Waals surface area contributed by atoms with Crippen LogP contribution in [0.1, 0.15) is 32.3 Å². The molecule has 0 spiro atoms. The van der Waals surface area contributed by atoms with Crippen LogP contribution in [0.2, 0.25) is 0 Å². The highest BCUT2D eigenvalue weighted by atomic mass is 16.2. The van der Waals surface area contributed by atoms with Crippen LogP contribution in [0, 0.1) is 11.8 Å². The number of hydrogen-bond donors (Lipinski definition) is 0. The Morgan fingerprint density at radius 3 is 2.50 bits per heavy atom. The van der Waals surface area contributed by atoms with Gasteiger partial charge in [-0.3, -0.25) is 9.59 Å². The van der Waals surface area contributed by atoms with Gasteiger partial charge in [-0.25, -0.2) is 0 Å². The fraction of sp³-hybridized carbons (Fsp3) is 0.529. The summed E-state index contributed by atoms with van der Waals surface area (Å²) in [5, 5.41) is 0. The molecule has 0 radical (unpaired) electrons. The molecule has 2 rings (SSSR count). The third-order valence-electron chi connectivity index (χ3n) is 3.77. The molecule has 108 valence electrons. The van der Waals surface area contributed by atoms with Crippen molar-refractivity contribution in [3.05, 3.63) is 35.9 Å². The van der Waals surface area contributed by atoms with Gasteiger partial charge in [-0.05, 0) is 24.3 Å². The van der Waals surface area contributed by atoms with Crippen LogP contribution in [-0.2, 0) is 16.0 Å². The number of amides is 1.